The van der Waals surface area contributed by atoms with E-state index in [9.17, 15) is 22.0 Å². The van der Waals surface area contributed by atoms with Crippen LogP contribution in [-0.4, -0.2) is 72.6 Å². The molecule has 4 heterocycles. The normalized spacial score (nSPS) is 18.7. The third-order valence-corrected chi connectivity index (χ3v) is 10.2. The summed E-state index contributed by atoms with van der Waals surface area (Å²) in [4.78, 5) is 15.7. The number of hydrogen-bond donors (Lipinski definition) is 3. The van der Waals surface area contributed by atoms with E-state index in [1.807, 2.05) is 18.2 Å². The predicted octanol–water partition coefficient (Wildman–Crippen LogP) is 4.26. The number of sulfonamides is 1. The zero-order valence-electron chi connectivity index (χ0n) is 23.9. The maximum absolute atomic E-state index is 13.8. The number of benzene rings is 2. The van der Waals surface area contributed by atoms with Crippen LogP contribution in [-0.2, 0) is 34.3 Å². The van der Waals surface area contributed by atoms with Crippen LogP contribution in [0.4, 0.5) is 20.3 Å². The van der Waals surface area contributed by atoms with Gasteiger partial charge in [0, 0.05) is 68.3 Å². The third-order valence-electron chi connectivity index (χ3n) is 8.37. The zero-order valence-corrected chi connectivity index (χ0v) is 24.7. The minimum Gasteiger partial charge on any atom is -0.381 e. The number of anilines is 2. The van der Waals surface area contributed by atoms with Crippen LogP contribution < -0.4 is 10.6 Å². The topological polar surface area (TPSA) is 120 Å². The van der Waals surface area contributed by atoms with Crippen LogP contribution in [0.25, 0.3) is 0 Å². The van der Waals surface area contributed by atoms with E-state index in [0.717, 1.165) is 60.2 Å². The summed E-state index contributed by atoms with van der Waals surface area (Å²) in [7, 11) is -4.19. The highest BCUT2D eigenvalue weighted by Crippen LogP contribution is 2.30. The number of carbonyl (C=O) groups is 1. The van der Waals surface area contributed by atoms with Crippen molar-refractivity contribution in [3.8, 4) is 0 Å². The molecule has 3 aliphatic heterocycles. The number of likely N-dealkylation sites (tertiary alicyclic amines) is 1. The Balaban J connectivity index is 1.22. The summed E-state index contributed by atoms with van der Waals surface area (Å²) in [6.45, 7) is 4.26. The van der Waals surface area contributed by atoms with E-state index in [0.29, 0.717) is 42.5 Å². The molecule has 2 saturated heterocycles. The molecule has 0 aliphatic carbocycles. The van der Waals surface area contributed by atoms with E-state index in [1.54, 1.807) is 0 Å². The van der Waals surface area contributed by atoms with Crippen molar-refractivity contribution in [1.29, 1.82) is 0 Å². The summed E-state index contributed by atoms with van der Waals surface area (Å²) in [6.07, 6.45) is 5.62. The molecule has 0 bridgehead atoms. The summed E-state index contributed by atoms with van der Waals surface area (Å²) in [6, 6.07) is 8.25. The first-order chi connectivity index (χ1) is 20.8. The highest BCUT2D eigenvalue weighted by Gasteiger charge is 2.32. The van der Waals surface area contributed by atoms with Gasteiger partial charge in [-0.05, 0) is 68.6 Å². The SMILES string of the molecule is O=C(Nc1n[nH]c2c1CN(S(=O)(=O)c1cc(F)cc(F)c1)CC2)c1ccc(CN2CCCCC2)cc1NC1CCOCC1. The molecular weight excluding hydrogens is 578 g/mol. The summed E-state index contributed by atoms with van der Waals surface area (Å²) >= 11 is 0. The van der Waals surface area contributed by atoms with E-state index < -0.39 is 26.6 Å². The van der Waals surface area contributed by atoms with Crippen LogP contribution in [0.1, 0.15) is 59.3 Å². The van der Waals surface area contributed by atoms with Crippen LogP contribution in [0.15, 0.2) is 41.3 Å². The Morgan fingerprint density at radius 1 is 1.02 bits per heavy atom. The predicted molar refractivity (Wildman–Crippen MR) is 157 cm³/mol. The summed E-state index contributed by atoms with van der Waals surface area (Å²) in [5.74, 6) is -2.10. The number of nitrogens with one attached hydrogen (secondary N) is 3. The number of H-pyrrole nitrogens is 1. The number of aromatic nitrogens is 2. The average Bonchev–Trinajstić information content (AvgIpc) is 3.39. The highest BCUT2D eigenvalue weighted by molar-refractivity contribution is 7.89. The van der Waals surface area contributed by atoms with E-state index in [1.165, 1.54) is 19.3 Å². The largest absolute Gasteiger partial charge is 0.381 e. The van der Waals surface area contributed by atoms with Crippen molar-refractivity contribution in [2.24, 2.45) is 0 Å². The molecule has 3 aromatic rings. The smallest absolute Gasteiger partial charge is 0.258 e. The number of nitrogens with zero attached hydrogens (tertiary/aromatic N) is 3. The first-order valence-corrected chi connectivity index (χ1v) is 16.2. The number of hydrogen-bond acceptors (Lipinski definition) is 7. The molecule has 2 aromatic carbocycles. The van der Waals surface area contributed by atoms with Crippen LogP contribution >= 0.6 is 0 Å². The Kier molecular flexibility index (Phi) is 8.75. The summed E-state index contributed by atoms with van der Waals surface area (Å²) in [5, 5.41) is 13.6. The van der Waals surface area contributed by atoms with Gasteiger partial charge in [0.2, 0.25) is 10.0 Å². The molecule has 0 saturated carbocycles. The molecule has 6 rings (SSSR count). The fourth-order valence-corrected chi connectivity index (χ4v) is 7.48. The van der Waals surface area contributed by atoms with Crippen molar-refractivity contribution in [2.45, 2.75) is 62.6 Å². The van der Waals surface area contributed by atoms with Crippen molar-refractivity contribution in [3.63, 3.8) is 0 Å². The molecule has 3 N–H and O–H groups in total. The quantitative estimate of drug-likeness (QED) is 0.347. The van der Waals surface area contributed by atoms with Crippen molar-refractivity contribution in [3.05, 3.63) is 70.4 Å². The van der Waals surface area contributed by atoms with Gasteiger partial charge in [-0.25, -0.2) is 17.2 Å². The van der Waals surface area contributed by atoms with Gasteiger partial charge in [0.25, 0.3) is 5.91 Å². The number of halogens is 2. The molecule has 2 fully saturated rings. The van der Waals surface area contributed by atoms with Gasteiger partial charge in [0.1, 0.15) is 11.6 Å². The van der Waals surface area contributed by atoms with Gasteiger partial charge in [-0.3, -0.25) is 14.8 Å². The monoisotopic (exact) mass is 614 g/mol. The van der Waals surface area contributed by atoms with Gasteiger partial charge in [0.05, 0.1) is 10.5 Å². The summed E-state index contributed by atoms with van der Waals surface area (Å²) in [5.41, 5.74) is 3.53. The maximum Gasteiger partial charge on any atom is 0.258 e. The van der Waals surface area contributed by atoms with Crippen LogP contribution in [0, 0.1) is 11.6 Å². The molecule has 13 heteroatoms. The van der Waals surface area contributed by atoms with E-state index in [-0.39, 0.29) is 30.9 Å². The lowest BCUT2D eigenvalue weighted by atomic mass is 10.0. The number of fused-ring (bicyclic) bond motifs is 1. The molecule has 43 heavy (non-hydrogen) atoms. The molecular formula is C30H36F2N6O4S. The highest BCUT2D eigenvalue weighted by atomic mass is 32.2. The van der Waals surface area contributed by atoms with Gasteiger partial charge < -0.3 is 15.4 Å². The number of piperidine rings is 1. The van der Waals surface area contributed by atoms with E-state index in [4.69, 9.17) is 4.74 Å². The number of rotatable bonds is 8. The fourth-order valence-electron chi connectivity index (χ4n) is 6.02. The number of carbonyl (C=O) groups excluding carboxylic acids is 1. The first kappa shape index (κ1) is 29.7. The van der Waals surface area contributed by atoms with Crippen LogP contribution in [0.2, 0.25) is 0 Å². The molecule has 0 radical (unpaired) electrons. The first-order valence-electron chi connectivity index (χ1n) is 14.8. The molecule has 3 aliphatic rings. The van der Waals surface area contributed by atoms with Gasteiger partial charge in [-0.2, -0.15) is 9.40 Å². The number of ether oxygens (including phenoxy) is 1. The Morgan fingerprint density at radius 2 is 1.77 bits per heavy atom. The molecule has 0 atom stereocenters. The number of amides is 1. The third kappa shape index (κ3) is 6.74. The molecule has 1 amide bonds. The zero-order chi connectivity index (χ0) is 30.0. The molecule has 230 valence electrons. The van der Waals surface area contributed by atoms with Crippen molar-refractivity contribution in [1.82, 2.24) is 19.4 Å². The van der Waals surface area contributed by atoms with Gasteiger partial charge in [-0.1, -0.05) is 12.5 Å². The molecule has 0 spiro atoms. The molecule has 0 unspecified atom stereocenters. The second-order valence-corrected chi connectivity index (χ2v) is 13.4. The van der Waals surface area contributed by atoms with Crippen LogP contribution in [0.5, 0.6) is 0 Å². The maximum atomic E-state index is 13.8. The van der Waals surface area contributed by atoms with Gasteiger partial charge in [0.15, 0.2) is 5.82 Å². The van der Waals surface area contributed by atoms with Crippen LogP contribution in [0.3, 0.4) is 0 Å². The Morgan fingerprint density at radius 3 is 2.51 bits per heavy atom. The van der Waals surface area contributed by atoms with Gasteiger partial charge >= 0.3 is 0 Å². The van der Waals surface area contributed by atoms with E-state index in [2.05, 4.69) is 25.7 Å². The lowest BCUT2D eigenvalue weighted by Gasteiger charge is -2.28. The van der Waals surface area contributed by atoms with Crippen molar-refractivity contribution >= 4 is 27.4 Å². The fraction of sp³-hybridized carbons (Fsp3) is 0.467. The second-order valence-electron chi connectivity index (χ2n) is 11.4. The van der Waals surface area contributed by atoms with Gasteiger partial charge in [-0.15, -0.1) is 0 Å². The lowest BCUT2D eigenvalue weighted by Crippen LogP contribution is -2.36. The van der Waals surface area contributed by atoms with Crippen molar-refractivity contribution < 1.29 is 26.7 Å². The summed E-state index contributed by atoms with van der Waals surface area (Å²) < 4.78 is 60.8. The lowest BCUT2D eigenvalue weighted by molar-refractivity contribution is 0.0904. The average molecular weight is 615 g/mol. The Bertz CT molecular complexity index is 1560. The van der Waals surface area contributed by atoms with E-state index >= 15 is 0 Å². The minimum absolute atomic E-state index is 0.0979. The molecule has 1 aromatic heterocycles. The second kappa shape index (κ2) is 12.7. The van der Waals surface area contributed by atoms with Crippen molar-refractivity contribution in [2.75, 3.05) is 43.5 Å². The Hall–Kier alpha value is -3.39. The minimum atomic E-state index is -4.19. The Labute approximate surface area is 249 Å². The molecule has 10 nitrogen and oxygen atoms in total. The standard InChI is InChI=1S/C30H36F2N6O4S/c31-21-15-22(32)17-24(16-21)43(40,41)38-11-6-27-26(19-38)29(36-35-27)34-30(39)25-5-4-20(18-37-9-2-1-3-10-37)14-28(25)33-23-7-12-42-13-8-23/h4-5,14-17,23,33H,1-3,6-13,18-19H2,(H2,34,35,36,39). The number of aromatic amines is 1.